The first-order valence-electron chi connectivity index (χ1n) is 6.48. The van der Waals surface area contributed by atoms with Crippen LogP contribution in [0.25, 0.3) is 0 Å². The molecule has 0 bridgehead atoms. The Bertz CT molecular complexity index is 307. The normalized spacial score (nSPS) is 24.1. The number of rotatable bonds is 3. The molecule has 2 rings (SSSR count). The predicted octanol–water partition coefficient (Wildman–Crippen LogP) is 1.91. The first-order chi connectivity index (χ1) is 8.38. The lowest BCUT2D eigenvalue weighted by atomic mass is 9.96. The van der Waals surface area contributed by atoms with Gasteiger partial charge < -0.3 is 10.6 Å². The highest BCUT2D eigenvalue weighted by Gasteiger charge is 2.42. The average Bonchev–Trinajstić information content (AvgIpc) is 3.11. The molecule has 1 saturated heterocycles. The molecule has 0 aromatic carbocycles. The van der Waals surface area contributed by atoms with Crippen LogP contribution in [0, 0.1) is 11.8 Å². The van der Waals surface area contributed by atoms with Crippen LogP contribution >= 0.6 is 0 Å². The van der Waals surface area contributed by atoms with E-state index in [-0.39, 0.29) is 44.3 Å². The van der Waals surface area contributed by atoms with Crippen molar-refractivity contribution >= 4 is 5.91 Å². The number of piperidine rings is 1. The highest BCUT2D eigenvalue weighted by atomic mass is 19.4. The minimum atomic E-state index is -4.13. The SMILES string of the molecule is NC(CC(=O)N1CCC(C(F)(F)F)CC1)C1CC1. The van der Waals surface area contributed by atoms with Crippen molar-refractivity contribution in [3.05, 3.63) is 0 Å². The van der Waals surface area contributed by atoms with E-state index in [9.17, 15) is 18.0 Å². The molecule has 0 radical (unpaired) electrons. The van der Waals surface area contributed by atoms with Gasteiger partial charge in [0.15, 0.2) is 0 Å². The summed E-state index contributed by atoms with van der Waals surface area (Å²) in [4.78, 5) is 13.4. The van der Waals surface area contributed by atoms with Crippen LogP contribution in [0.3, 0.4) is 0 Å². The molecule has 2 N–H and O–H groups in total. The lowest BCUT2D eigenvalue weighted by Crippen LogP contribution is -2.44. The van der Waals surface area contributed by atoms with Crippen LogP contribution in [0.2, 0.25) is 0 Å². The van der Waals surface area contributed by atoms with Crippen molar-refractivity contribution in [1.29, 1.82) is 0 Å². The predicted molar refractivity (Wildman–Crippen MR) is 60.7 cm³/mol. The number of likely N-dealkylation sites (tertiary alicyclic amines) is 1. The Labute approximate surface area is 104 Å². The Morgan fingerprint density at radius 2 is 1.78 bits per heavy atom. The fourth-order valence-corrected chi connectivity index (χ4v) is 2.48. The zero-order valence-corrected chi connectivity index (χ0v) is 10.2. The first-order valence-corrected chi connectivity index (χ1v) is 6.48. The maximum atomic E-state index is 12.5. The second-order valence-corrected chi connectivity index (χ2v) is 5.40. The fraction of sp³-hybridized carbons (Fsp3) is 0.917. The molecule has 2 fully saturated rings. The second-order valence-electron chi connectivity index (χ2n) is 5.40. The summed E-state index contributed by atoms with van der Waals surface area (Å²) in [6.45, 7) is 0.417. The molecular formula is C12H19F3N2O. The van der Waals surface area contributed by atoms with Gasteiger partial charge in [-0.25, -0.2) is 0 Å². The van der Waals surface area contributed by atoms with E-state index in [0.29, 0.717) is 5.92 Å². The summed E-state index contributed by atoms with van der Waals surface area (Å²) in [6, 6.07) is -0.113. The van der Waals surface area contributed by atoms with Crippen LogP contribution in [0.15, 0.2) is 0 Å². The highest BCUT2D eigenvalue weighted by Crippen LogP contribution is 2.35. The Kier molecular flexibility index (Phi) is 3.84. The Morgan fingerprint density at radius 3 is 2.22 bits per heavy atom. The molecule has 18 heavy (non-hydrogen) atoms. The van der Waals surface area contributed by atoms with Crippen LogP contribution in [0.5, 0.6) is 0 Å². The summed E-state index contributed by atoms with van der Waals surface area (Å²) in [5, 5.41) is 0. The van der Waals surface area contributed by atoms with Crippen LogP contribution < -0.4 is 5.73 Å². The van der Waals surface area contributed by atoms with Crippen LogP contribution in [0.4, 0.5) is 13.2 Å². The Morgan fingerprint density at radius 1 is 1.22 bits per heavy atom. The van der Waals surface area contributed by atoms with Gasteiger partial charge in [-0.05, 0) is 31.6 Å². The number of carbonyl (C=O) groups excluding carboxylic acids is 1. The quantitative estimate of drug-likeness (QED) is 0.846. The molecule has 1 aliphatic carbocycles. The number of alkyl halides is 3. The van der Waals surface area contributed by atoms with Crippen LogP contribution in [-0.2, 0) is 4.79 Å². The van der Waals surface area contributed by atoms with Gasteiger partial charge in [0.1, 0.15) is 0 Å². The van der Waals surface area contributed by atoms with Gasteiger partial charge in [-0.2, -0.15) is 13.2 Å². The van der Waals surface area contributed by atoms with E-state index in [2.05, 4.69) is 0 Å². The van der Waals surface area contributed by atoms with E-state index in [1.807, 2.05) is 0 Å². The second kappa shape index (κ2) is 5.07. The molecule has 1 saturated carbocycles. The summed E-state index contributed by atoms with van der Waals surface area (Å²) >= 11 is 0. The van der Waals surface area contributed by atoms with Gasteiger partial charge in [0, 0.05) is 25.6 Å². The zero-order valence-electron chi connectivity index (χ0n) is 10.2. The maximum Gasteiger partial charge on any atom is 0.391 e. The van der Waals surface area contributed by atoms with Gasteiger partial charge in [0.05, 0.1) is 5.92 Å². The van der Waals surface area contributed by atoms with Crippen molar-refractivity contribution in [3.8, 4) is 0 Å². The molecule has 1 heterocycles. The third-order valence-corrected chi connectivity index (χ3v) is 3.95. The number of amides is 1. The van der Waals surface area contributed by atoms with Gasteiger partial charge in [0.25, 0.3) is 0 Å². The summed E-state index contributed by atoms with van der Waals surface area (Å²) < 4.78 is 37.4. The molecule has 1 aliphatic heterocycles. The first kappa shape index (κ1) is 13.6. The minimum absolute atomic E-state index is 0.0217. The lowest BCUT2D eigenvalue weighted by molar-refractivity contribution is -0.186. The summed E-state index contributed by atoms with van der Waals surface area (Å²) in [5.41, 5.74) is 5.86. The largest absolute Gasteiger partial charge is 0.391 e. The standard InChI is InChI=1S/C12H19F3N2O/c13-12(14,15)9-3-5-17(6-4-9)11(18)7-10(16)8-1-2-8/h8-10H,1-7,16H2. The molecule has 0 spiro atoms. The van der Waals surface area contributed by atoms with Gasteiger partial charge in [0.2, 0.25) is 5.91 Å². The van der Waals surface area contributed by atoms with Crippen molar-refractivity contribution in [3.63, 3.8) is 0 Å². The van der Waals surface area contributed by atoms with E-state index in [4.69, 9.17) is 5.73 Å². The minimum Gasteiger partial charge on any atom is -0.343 e. The number of nitrogens with zero attached hydrogens (tertiary/aromatic N) is 1. The number of hydrogen-bond donors (Lipinski definition) is 1. The van der Waals surface area contributed by atoms with E-state index >= 15 is 0 Å². The van der Waals surface area contributed by atoms with Crippen molar-refractivity contribution in [1.82, 2.24) is 4.90 Å². The molecule has 1 unspecified atom stereocenters. The number of hydrogen-bond acceptors (Lipinski definition) is 2. The Balaban J connectivity index is 1.76. The van der Waals surface area contributed by atoms with Gasteiger partial charge in [-0.15, -0.1) is 0 Å². The van der Waals surface area contributed by atoms with Crippen LogP contribution in [-0.4, -0.2) is 36.1 Å². The smallest absolute Gasteiger partial charge is 0.343 e. The monoisotopic (exact) mass is 264 g/mol. The molecule has 104 valence electrons. The highest BCUT2D eigenvalue weighted by molar-refractivity contribution is 5.77. The van der Waals surface area contributed by atoms with E-state index in [0.717, 1.165) is 12.8 Å². The van der Waals surface area contributed by atoms with Gasteiger partial charge in [-0.3, -0.25) is 4.79 Å². The number of halogens is 3. The van der Waals surface area contributed by atoms with E-state index in [1.54, 1.807) is 0 Å². The topological polar surface area (TPSA) is 46.3 Å². The third kappa shape index (κ3) is 3.37. The number of carbonyl (C=O) groups is 1. The van der Waals surface area contributed by atoms with Crippen molar-refractivity contribution in [2.24, 2.45) is 17.6 Å². The third-order valence-electron chi connectivity index (χ3n) is 3.95. The van der Waals surface area contributed by atoms with Gasteiger partial charge in [-0.1, -0.05) is 0 Å². The molecule has 0 aromatic heterocycles. The lowest BCUT2D eigenvalue weighted by Gasteiger charge is -2.33. The summed E-state index contributed by atoms with van der Waals surface area (Å²) in [6.07, 6.45) is -1.65. The van der Waals surface area contributed by atoms with Crippen molar-refractivity contribution in [2.75, 3.05) is 13.1 Å². The zero-order chi connectivity index (χ0) is 13.3. The van der Waals surface area contributed by atoms with Crippen molar-refractivity contribution in [2.45, 2.75) is 44.3 Å². The molecule has 3 nitrogen and oxygen atoms in total. The average molecular weight is 264 g/mol. The van der Waals surface area contributed by atoms with Crippen molar-refractivity contribution < 1.29 is 18.0 Å². The number of nitrogens with two attached hydrogens (primary N) is 1. The van der Waals surface area contributed by atoms with Gasteiger partial charge >= 0.3 is 6.18 Å². The summed E-state index contributed by atoms with van der Waals surface area (Å²) in [5.74, 6) is -0.893. The van der Waals surface area contributed by atoms with E-state index in [1.165, 1.54) is 4.90 Å². The van der Waals surface area contributed by atoms with Crippen LogP contribution in [0.1, 0.15) is 32.1 Å². The Hall–Kier alpha value is -0.780. The fourth-order valence-electron chi connectivity index (χ4n) is 2.48. The molecule has 0 aromatic rings. The molecular weight excluding hydrogens is 245 g/mol. The molecule has 1 atom stereocenters. The summed E-state index contributed by atoms with van der Waals surface area (Å²) in [7, 11) is 0. The molecule has 1 amide bonds. The maximum absolute atomic E-state index is 12.5. The van der Waals surface area contributed by atoms with E-state index < -0.39 is 12.1 Å². The molecule has 2 aliphatic rings. The molecule has 6 heteroatoms.